The highest BCUT2D eigenvalue weighted by molar-refractivity contribution is 9.10. The van der Waals surface area contributed by atoms with E-state index in [0.29, 0.717) is 34.4 Å². The molecule has 0 saturated heterocycles. The van der Waals surface area contributed by atoms with Gasteiger partial charge in [-0.2, -0.15) is 0 Å². The molecule has 0 atom stereocenters. The van der Waals surface area contributed by atoms with E-state index in [2.05, 4.69) is 55.2 Å². The minimum Gasteiger partial charge on any atom is -0.368 e. The van der Waals surface area contributed by atoms with Crippen LogP contribution in [0.1, 0.15) is 18.9 Å². The Kier molecular flexibility index (Phi) is 6.63. The van der Waals surface area contributed by atoms with Crippen LogP contribution in [-0.2, 0) is 0 Å². The van der Waals surface area contributed by atoms with E-state index >= 15 is 0 Å². The number of benzene rings is 2. The standard InChI is InChI=1S/C26H28BrN7O2/c1-31(2)12-13-32(3)24-14-20(27)22(15-25(24)34(35)36)30-26-28-11-10-21(29-26)19-16-33(17-8-9-17)23-7-5-4-6-18(19)23/h4-7,10-11,14-17H,8-9,12-13H2,1-3H3,(H,28,29,30). The summed E-state index contributed by atoms with van der Waals surface area (Å²) in [5.74, 6) is 0.375. The summed E-state index contributed by atoms with van der Waals surface area (Å²) in [6, 6.07) is 14.1. The highest BCUT2D eigenvalue weighted by Gasteiger charge is 2.26. The number of nitro benzene ring substituents is 1. The molecule has 0 spiro atoms. The van der Waals surface area contributed by atoms with E-state index in [-0.39, 0.29) is 10.6 Å². The Morgan fingerprint density at radius 1 is 1.17 bits per heavy atom. The number of hydrogen-bond acceptors (Lipinski definition) is 7. The predicted molar refractivity (Wildman–Crippen MR) is 147 cm³/mol. The first kappa shape index (κ1) is 24.2. The molecule has 10 heteroatoms. The van der Waals surface area contributed by atoms with Crippen molar-refractivity contribution < 1.29 is 4.92 Å². The summed E-state index contributed by atoms with van der Waals surface area (Å²) in [5, 5.41) is 16.2. The summed E-state index contributed by atoms with van der Waals surface area (Å²) >= 11 is 3.58. The Labute approximate surface area is 218 Å². The molecule has 5 rings (SSSR count). The topological polar surface area (TPSA) is 92.4 Å². The lowest BCUT2D eigenvalue weighted by Gasteiger charge is -2.22. The monoisotopic (exact) mass is 549 g/mol. The highest BCUT2D eigenvalue weighted by atomic mass is 79.9. The maximum Gasteiger partial charge on any atom is 0.294 e. The minimum absolute atomic E-state index is 0.0191. The molecule has 0 aliphatic heterocycles. The Hall–Kier alpha value is -3.50. The van der Waals surface area contributed by atoms with Gasteiger partial charge in [0.1, 0.15) is 5.69 Å². The van der Waals surface area contributed by atoms with Crippen molar-refractivity contribution in [3.05, 3.63) is 69.4 Å². The molecule has 36 heavy (non-hydrogen) atoms. The van der Waals surface area contributed by atoms with Crippen molar-refractivity contribution in [2.45, 2.75) is 18.9 Å². The number of aromatic nitrogens is 3. The number of fused-ring (bicyclic) bond motifs is 1. The fourth-order valence-corrected chi connectivity index (χ4v) is 4.75. The van der Waals surface area contributed by atoms with Crippen molar-refractivity contribution >= 4 is 49.8 Å². The molecule has 186 valence electrons. The van der Waals surface area contributed by atoms with E-state index in [9.17, 15) is 10.1 Å². The number of anilines is 3. The van der Waals surface area contributed by atoms with Crippen LogP contribution in [0.4, 0.5) is 23.0 Å². The van der Waals surface area contributed by atoms with Gasteiger partial charge in [-0.25, -0.2) is 9.97 Å². The molecule has 0 amide bonds. The normalized spacial score (nSPS) is 13.4. The molecule has 1 saturated carbocycles. The first-order valence-electron chi connectivity index (χ1n) is 11.9. The SMILES string of the molecule is CN(C)CCN(C)c1cc(Br)c(Nc2nccc(-c3cn(C4CC4)c4ccccc34)n2)cc1[N+](=O)[O-]. The molecule has 2 aromatic heterocycles. The van der Waals surface area contributed by atoms with Crippen molar-refractivity contribution in [3.63, 3.8) is 0 Å². The Bertz CT molecular complexity index is 1430. The molecule has 9 nitrogen and oxygen atoms in total. The largest absolute Gasteiger partial charge is 0.368 e. The van der Waals surface area contributed by atoms with Gasteiger partial charge in [0.25, 0.3) is 5.69 Å². The number of para-hydroxylation sites is 1. The number of halogens is 1. The maximum absolute atomic E-state index is 11.9. The van der Waals surface area contributed by atoms with Crippen LogP contribution in [0.3, 0.4) is 0 Å². The fourth-order valence-electron chi connectivity index (χ4n) is 4.32. The zero-order chi connectivity index (χ0) is 25.4. The zero-order valence-electron chi connectivity index (χ0n) is 20.5. The van der Waals surface area contributed by atoms with Gasteiger partial charge in [-0.3, -0.25) is 10.1 Å². The van der Waals surface area contributed by atoms with Crippen LogP contribution in [0, 0.1) is 10.1 Å². The molecule has 4 aromatic rings. The van der Waals surface area contributed by atoms with Crippen molar-refractivity contribution in [2.75, 3.05) is 44.4 Å². The van der Waals surface area contributed by atoms with Gasteiger partial charge in [-0.05, 0) is 61.1 Å². The molecule has 1 aliphatic carbocycles. The average Bonchev–Trinajstić information content (AvgIpc) is 3.63. The number of nitrogens with one attached hydrogen (secondary N) is 1. The summed E-state index contributed by atoms with van der Waals surface area (Å²) < 4.78 is 3.03. The van der Waals surface area contributed by atoms with Gasteiger partial charge < -0.3 is 19.7 Å². The van der Waals surface area contributed by atoms with Crippen molar-refractivity contribution in [3.8, 4) is 11.3 Å². The second kappa shape index (κ2) is 9.87. The number of nitrogens with zero attached hydrogens (tertiary/aromatic N) is 6. The summed E-state index contributed by atoms with van der Waals surface area (Å²) in [7, 11) is 5.81. The van der Waals surface area contributed by atoms with E-state index in [1.165, 1.54) is 24.4 Å². The van der Waals surface area contributed by atoms with Gasteiger partial charge in [0.15, 0.2) is 0 Å². The predicted octanol–water partition coefficient (Wildman–Crippen LogP) is 5.85. The Morgan fingerprint density at radius 3 is 2.67 bits per heavy atom. The Balaban J connectivity index is 1.46. The molecular weight excluding hydrogens is 522 g/mol. The molecular formula is C26H28BrN7O2. The Morgan fingerprint density at radius 2 is 1.94 bits per heavy atom. The average molecular weight is 550 g/mol. The second-order valence-corrected chi connectivity index (χ2v) is 10.2. The van der Waals surface area contributed by atoms with Crippen LogP contribution in [0.15, 0.2) is 59.3 Å². The molecule has 0 bridgehead atoms. The first-order valence-corrected chi connectivity index (χ1v) is 12.6. The third kappa shape index (κ3) is 4.91. The van der Waals surface area contributed by atoms with Gasteiger partial charge in [0.2, 0.25) is 5.95 Å². The lowest BCUT2D eigenvalue weighted by atomic mass is 10.1. The third-order valence-corrected chi connectivity index (χ3v) is 7.07. The van der Waals surface area contributed by atoms with Crippen LogP contribution in [0.25, 0.3) is 22.2 Å². The quantitative estimate of drug-likeness (QED) is 0.207. The third-order valence-electron chi connectivity index (χ3n) is 6.41. The number of rotatable bonds is 9. The molecule has 1 fully saturated rings. The van der Waals surface area contributed by atoms with Gasteiger partial charge in [0, 0.05) is 65.6 Å². The lowest BCUT2D eigenvalue weighted by Crippen LogP contribution is -2.28. The molecule has 2 heterocycles. The molecule has 1 N–H and O–H groups in total. The van der Waals surface area contributed by atoms with Crippen molar-refractivity contribution in [1.29, 1.82) is 0 Å². The number of likely N-dealkylation sites (N-methyl/N-ethyl adjacent to an activating group) is 2. The summed E-state index contributed by atoms with van der Waals surface area (Å²) in [5.41, 5.74) is 4.14. The first-order chi connectivity index (χ1) is 17.3. The van der Waals surface area contributed by atoms with Crippen LogP contribution in [0.2, 0.25) is 0 Å². The van der Waals surface area contributed by atoms with Gasteiger partial charge in [-0.1, -0.05) is 18.2 Å². The molecule has 2 aromatic carbocycles. The van der Waals surface area contributed by atoms with Gasteiger partial charge in [0.05, 0.1) is 16.3 Å². The summed E-state index contributed by atoms with van der Waals surface area (Å²) in [6.07, 6.45) is 6.27. The second-order valence-electron chi connectivity index (χ2n) is 9.39. The maximum atomic E-state index is 11.9. The number of hydrogen-bond donors (Lipinski definition) is 1. The van der Waals surface area contributed by atoms with E-state index in [0.717, 1.165) is 23.2 Å². The minimum atomic E-state index is -0.358. The number of nitro groups is 1. The molecule has 0 unspecified atom stereocenters. The van der Waals surface area contributed by atoms with Crippen LogP contribution >= 0.6 is 15.9 Å². The zero-order valence-corrected chi connectivity index (χ0v) is 22.1. The summed E-state index contributed by atoms with van der Waals surface area (Å²) in [4.78, 5) is 24.6. The van der Waals surface area contributed by atoms with Crippen LogP contribution in [-0.4, -0.2) is 58.6 Å². The van der Waals surface area contributed by atoms with Crippen molar-refractivity contribution in [2.24, 2.45) is 0 Å². The lowest BCUT2D eigenvalue weighted by molar-refractivity contribution is -0.384. The van der Waals surface area contributed by atoms with Crippen LogP contribution in [0.5, 0.6) is 0 Å². The molecule has 0 radical (unpaired) electrons. The van der Waals surface area contributed by atoms with Gasteiger partial charge in [-0.15, -0.1) is 0 Å². The summed E-state index contributed by atoms with van der Waals surface area (Å²) in [6.45, 7) is 1.44. The smallest absolute Gasteiger partial charge is 0.294 e. The van der Waals surface area contributed by atoms with E-state index < -0.39 is 0 Å². The highest BCUT2D eigenvalue weighted by Crippen LogP contribution is 2.41. The van der Waals surface area contributed by atoms with Crippen LogP contribution < -0.4 is 10.2 Å². The van der Waals surface area contributed by atoms with Gasteiger partial charge >= 0.3 is 0 Å². The van der Waals surface area contributed by atoms with E-state index in [4.69, 9.17) is 4.98 Å². The van der Waals surface area contributed by atoms with E-state index in [1.54, 1.807) is 12.3 Å². The fraction of sp³-hybridized carbons (Fsp3) is 0.308. The van der Waals surface area contributed by atoms with Crippen molar-refractivity contribution in [1.82, 2.24) is 19.4 Å². The van der Waals surface area contributed by atoms with E-state index in [1.807, 2.05) is 43.1 Å². The molecule has 1 aliphatic rings.